The van der Waals surface area contributed by atoms with Gasteiger partial charge in [0, 0.05) is 28.6 Å². The molecular weight excluding hydrogens is 345 g/mol. The highest BCUT2D eigenvalue weighted by molar-refractivity contribution is 7.90. The van der Waals surface area contributed by atoms with E-state index in [4.69, 9.17) is 27.9 Å². The summed E-state index contributed by atoms with van der Waals surface area (Å²) in [5, 5.41) is 0.667. The molecule has 1 aromatic carbocycles. The second kappa shape index (κ2) is 7.49. The summed E-state index contributed by atoms with van der Waals surface area (Å²) in [6.07, 6.45) is 1.05. The Morgan fingerprint density at radius 2 is 2.09 bits per heavy atom. The van der Waals surface area contributed by atoms with E-state index in [1.807, 2.05) is 19.9 Å². The highest BCUT2D eigenvalue weighted by atomic mass is 35.5. The number of sulfonamides is 1. The van der Waals surface area contributed by atoms with Crippen LogP contribution in [0.5, 0.6) is 0 Å². The standard InChI is InChI=1S/C15H21Cl2NO3S/c1-10(2)18-22(19,20)15-5-6-21-9-12(15)7-11-3-4-13(16)8-14(11)17/h3-4,8,10,12,15,18H,5-7,9H2,1-2H3/t12-,15+/m1/s1. The topological polar surface area (TPSA) is 55.4 Å². The van der Waals surface area contributed by atoms with Gasteiger partial charge in [-0.1, -0.05) is 29.3 Å². The van der Waals surface area contributed by atoms with Gasteiger partial charge < -0.3 is 4.74 Å². The molecule has 7 heteroatoms. The number of hydrogen-bond donors (Lipinski definition) is 1. The van der Waals surface area contributed by atoms with Gasteiger partial charge in [0.1, 0.15) is 0 Å². The maximum absolute atomic E-state index is 12.5. The summed E-state index contributed by atoms with van der Waals surface area (Å²) < 4.78 is 33.2. The SMILES string of the molecule is CC(C)NS(=O)(=O)[C@H]1CCOC[C@H]1Cc1ccc(Cl)cc1Cl. The second-order valence-corrected chi connectivity index (χ2v) is 8.69. The van der Waals surface area contributed by atoms with Crippen molar-refractivity contribution in [1.82, 2.24) is 4.72 Å². The third-order valence-corrected chi connectivity index (χ3v) is 6.50. The molecular formula is C15H21Cl2NO3S. The third kappa shape index (κ3) is 4.59. The van der Waals surface area contributed by atoms with Crippen LogP contribution in [0.1, 0.15) is 25.8 Å². The first-order valence-corrected chi connectivity index (χ1v) is 9.62. The molecule has 1 aliphatic rings. The molecule has 124 valence electrons. The fourth-order valence-corrected chi connectivity index (χ4v) is 5.17. The molecule has 2 atom stereocenters. The molecule has 2 rings (SSSR count). The van der Waals surface area contributed by atoms with Crippen LogP contribution in [-0.2, 0) is 21.2 Å². The van der Waals surface area contributed by atoms with Crippen molar-refractivity contribution in [2.75, 3.05) is 13.2 Å². The van der Waals surface area contributed by atoms with Crippen molar-refractivity contribution in [3.63, 3.8) is 0 Å². The molecule has 1 fully saturated rings. The Labute approximate surface area is 142 Å². The summed E-state index contributed by atoms with van der Waals surface area (Å²) >= 11 is 12.1. The molecule has 0 unspecified atom stereocenters. The van der Waals surface area contributed by atoms with Crippen molar-refractivity contribution in [3.05, 3.63) is 33.8 Å². The minimum atomic E-state index is -3.37. The molecule has 0 bridgehead atoms. The highest BCUT2D eigenvalue weighted by Crippen LogP contribution is 2.29. The van der Waals surface area contributed by atoms with Crippen molar-refractivity contribution in [2.45, 2.75) is 38.0 Å². The fraction of sp³-hybridized carbons (Fsp3) is 0.600. The van der Waals surface area contributed by atoms with Crippen LogP contribution in [-0.4, -0.2) is 32.9 Å². The van der Waals surface area contributed by atoms with Crippen LogP contribution in [0.25, 0.3) is 0 Å². The normalized spacial score (nSPS) is 23.0. The third-order valence-electron chi connectivity index (χ3n) is 3.70. The summed E-state index contributed by atoms with van der Waals surface area (Å²) in [5.74, 6) is -0.122. The second-order valence-electron chi connectivity index (χ2n) is 5.92. The Morgan fingerprint density at radius 3 is 2.73 bits per heavy atom. The van der Waals surface area contributed by atoms with Gasteiger partial charge in [-0.15, -0.1) is 0 Å². The van der Waals surface area contributed by atoms with E-state index in [1.54, 1.807) is 12.1 Å². The predicted molar refractivity (Wildman–Crippen MR) is 90.1 cm³/mol. The minimum Gasteiger partial charge on any atom is -0.381 e. The van der Waals surface area contributed by atoms with E-state index in [-0.39, 0.29) is 12.0 Å². The van der Waals surface area contributed by atoms with Crippen molar-refractivity contribution in [2.24, 2.45) is 5.92 Å². The first-order chi connectivity index (χ1) is 10.3. The van der Waals surface area contributed by atoms with Gasteiger partial charge in [0.2, 0.25) is 10.0 Å². The summed E-state index contributed by atoms with van der Waals surface area (Å²) in [4.78, 5) is 0. The lowest BCUT2D eigenvalue weighted by Crippen LogP contribution is -2.46. The molecule has 0 spiro atoms. The maximum atomic E-state index is 12.5. The number of ether oxygens (including phenoxy) is 1. The maximum Gasteiger partial charge on any atom is 0.215 e. The molecule has 0 aromatic heterocycles. The van der Waals surface area contributed by atoms with E-state index in [0.29, 0.717) is 36.1 Å². The van der Waals surface area contributed by atoms with E-state index >= 15 is 0 Å². The van der Waals surface area contributed by atoms with E-state index in [9.17, 15) is 8.42 Å². The molecule has 0 saturated carbocycles. The summed E-state index contributed by atoms with van der Waals surface area (Å²) in [6, 6.07) is 5.17. The smallest absolute Gasteiger partial charge is 0.215 e. The van der Waals surface area contributed by atoms with Gasteiger partial charge in [0.15, 0.2) is 0 Å². The monoisotopic (exact) mass is 365 g/mol. The van der Waals surface area contributed by atoms with Gasteiger partial charge in [-0.3, -0.25) is 0 Å². The van der Waals surface area contributed by atoms with Gasteiger partial charge in [0.25, 0.3) is 0 Å². The van der Waals surface area contributed by atoms with Crippen molar-refractivity contribution >= 4 is 33.2 Å². The quantitative estimate of drug-likeness (QED) is 0.870. The summed E-state index contributed by atoms with van der Waals surface area (Å²) in [7, 11) is -3.37. The van der Waals surface area contributed by atoms with Crippen LogP contribution in [0.3, 0.4) is 0 Å². The number of halogens is 2. The molecule has 1 N–H and O–H groups in total. The Balaban J connectivity index is 2.19. The van der Waals surface area contributed by atoms with Gasteiger partial charge in [0.05, 0.1) is 11.9 Å². The van der Waals surface area contributed by atoms with Crippen molar-refractivity contribution in [3.8, 4) is 0 Å². The average Bonchev–Trinajstić information content (AvgIpc) is 2.41. The molecule has 1 heterocycles. The van der Waals surface area contributed by atoms with Crippen LogP contribution in [0.4, 0.5) is 0 Å². The number of hydrogen-bond acceptors (Lipinski definition) is 3. The van der Waals surface area contributed by atoms with Crippen LogP contribution in [0.15, 0.2) is 18.2 Å². The van der Waals surface area contributed by atoms with Crippen LogP contribution < -0.4 is 4.72 Å². The van der Waals surface area contributed by atoms with E-state index in [1.165, 1.54) is 0 Å². The first-order valence-electron chi connectivity index (χ1n) is 7.32. The lowest BCUT2D eigenvalue weighted by Gasteiger charge is -2.32. The zero-order chi connectivity index (χ0) is 16.3. The summed E-state index contributed by atoms with van der Waals surface area (Å²) in [5.41, 5.74) is 0.895. The van der Waals surface area contributed by atoms with E-state index in [2.05, 4.69) is 4.72 Å². The lowest BCUT2D eigenvalue weighted by atomic mass is 9.93. The Hall–Kier alpha value is -0.330. The number of rotatable bonds is 5. The fourth-order valence-electron chi connectivity index (χ4n) is 2.76. The minimum absolute atomic E-state index is 0.118. The summed E-state index contributed by atoms with van der Waals surface area (Å²) in [6.45, 7) is 4.53. The first kappa shape index (κ1) is 18.0. The molecule has 1 aliphatic heterocycles. The van der Waals surface area contributed by atoms with E-state index in [0.717, 1.165) is 5.56 Å². The Bertz CT molecular complexity index is 619. The molecule has 22 heavy (non-hydrogen) atoms. The zero-order valence-corrected chi connectivity index (χ0v) is 15.0. The molecule has 1 saturated heterocycles. The van der Waals surface area contributed by atoms with Gasteiger partial charge in [-0.25, -0.2) is 13.1 Å². The average molecular weight is 366 g/mol. The van der Waals surface area contributed by atoms with Crippen molar-refractivity contribution < 1.29 is 13.2 Å². The molecule has 0 amide bonds. The number of benzene rings is 1. The highest BCUT2D eigenvalue weighted by Gasteiger charge is 2.36. The predicted octanol–water partition coefficient (Wildman–Crippen LogP) is 3.27. The molecule has 0 radical (unpaired) electrons. The molecule has 0 aliphatic carbocycles. The zero-order valence-electron chi connectivity index (χ0n) is 12.7. The molecule has 4 nitrogen and oxygen atoms in total. The Kier molecular flexibility index (Phi) is 6.14. The van der Waals surface area contributed by atoms with Crippen LogP contribution >= 0.6 is 23.2 Å². The van der Waals surface area contributed by atoms with Gasteiger partial charge in [-0.05, 0) is 44.4 Å². The van der Waals surface area contributed by atoms with Crippen LogP contribution in [0.2, 0.25) is 10.0 Å². The van der Waals surface area contributed by atoms with Crippen molar-refractivity contribution in [1.29, 1.82) is 0 Å². The van der Waals surface area contributed by atoms with E-state index < -0.39 is 15.3 Å². The lowest BCUT2D eigenvalue weighted by molar-refractivity contribution is 0.0569. The van der Waals surface area contributed by atoms with Gasteiger partial charge >= 0.3 is 0 Å². The largest absolute Gasteiger partial charge is 0.381 e. The Morgan fingerprint density at radius 1 is 1.36 bits per heavy atom. The number of nitrogens with one attached hydrogen (secondary N) is 1. The van der Waals surface area contributed by atoms with Crippen LogP contribution in [0, 0.1) is 5.92 Å². The molecule has 1 aromatic rings. The van der Waals surface area contributed by atoms with Gasteiger partial charge in [-0.2, -0.15) is 0 Å².